The number of rotatable bonds is 4. The van der Waals surface area contributed by atoms with Crippen LogP contribution in [0.5, 0.6) is 5.75 Å². The van der Waals surface area contributed by atoms with E-state index in [9.17, 15) is 22.7 Å². The first kappa shape index (κ1) is 19.8. The standard InChI is InChI=1S/C18H17ClFNO5S/c19-16-11-14(4-5-17(16)20)26-18(23)12-2-1-3-15(10-12)27(24,25)21-8-6-13(22)7-9-21/h1-5,10-11,13,22H,6-9H2. The molecule has 1 aliphatic rings. The number of aliphatic hydroxyl groups is 1. The van der Waals surface area contributed by atoms with Gasteiger partial charge in [0, 0.05) is 19.2 Å². The number of sulfonamides is 1. The van der Waals surface area contributed by atoms with E-state index >= 15 is 0 Å². The van der Waals surface area contributed by atoms with Crippen molar-refractivity contribution in [2.75, 3.05) is 13.1 Å². The molecular formula is C18H17ClFNO5S. The molecule has 9 heteroatoms. The van der Waals surface area contributed by atoms with Crippen molar-refractivity contribution in [2.45, 2.75) is 23.8 Å². The van der Waals surface area contributed by atoms with Crippen LogP contribution >= 0.6 is 11.6 Å². The van der Waals surface area contributed by atoms with Gasteiger partial charge < -0.3 is 9.84 Å². The Morgan fingerprint density at radius 1 is 1.19 bits per heavy atom. The Balaban J connectivity index is 1.80. The fourth-order valence-electron chi connectivity index (χ4n) is 2.72. The SMILES string of the molecule is O=C(Oc1ccc(F)c(Cl)c1)c1cccc(S(=O)(=O)N2CCC(O)CC2)c1. The van der Waals surface area contributed by atoms with Gasteiger partial charge in [0.2, 0.25) is 10.0 Å². The first-order valence-corrected chi connectivity index (χ1v) is 10.0. The molecule has 0 unspecified atom stereocenters. The van der Waals surface area contributed by atoms with Gasteiger partial charge in [-0.2, -0.15) is 4.31 Å². The molecular weight excluding hydrogens is 397 g/mol. The molecule has 1 aliphatic heterocycles. The Morgan fingerprint density at radius 2 is 1.89 bits per heavy atom. The molecule has 0 atom stereocenters. The average molecular weight is 414 g/mol. The second-order valence-corrected chi connectivity index (χ2v) is 8.47. The number of halogens is 2. The maximum atomic E-state index is 13.2. The predicted molar refractivity (Wildman–Crippen MR) is 96.8 cm³/mol. The minimum absolute atomic E-state index is 0.0357. The highest BCUT2D eigenvalue weighted by Gasteiger charge is 2.29. The van der Waals surface area contributed by atoms with Gasteiger partial charge >= 0.3 is 5.97 Å². The van der Waals surface area contributed by atoms with Gasteiger partial charge in [0.15, 0.2) is 0 Å². The quantitative estimate of drug-likeness (QED) is 0.615. The van der Waals surface area contributed by atoms with E-state index in [0.717, 1.165) is 12.1 Å². The zero-order valence-electron chi connectivity index (χ0n) is 14.1. The number of aliphatic hydroxyl groups excluding tert-OH is 1. The van der Waals surface area contributed by atoms with Crippen molar-refractivity contribution in [1.29, 1.82) is 0 Å². The fraction of sp³-hybridized carbons (Fsp3) is 0.278. The van der Waals surface area contributed by atoms with Crippen molar-refractivity contribution in [3.8, 4) is 5.75 Å². The lowest BCUT2D eigenvalue weighted by molar-refractivity contribution is 0.0734. The number of esters is 1. The van der Waals surface area contributed by atoms with E-state index in [1.807, 2.05) is 0 Å². The molecule has 144 valence electrons. The predicted octanol–water partition coefficient (Wildman–Crippen LogP) is 2.84. The summed E-state index contributed by atoms with van der Waals surface area (Å²) in [6.07, 6.45) is 0.235. The van der Waals surface area contributed by atoms with Gasteiger partial charge in [0.05, 0.1) is 21.6 Å². The molecule has 0 aliphatic carbocycles. The molecule has 0 bridgehead atoms. The molecule has 0 spiro atoms. The third-order valence-corrected chi connectivity index (χ3v) is 6.42. The van der Waals surface area contributed by atoms with Crippen molar-refractivity contribution in [3.05, 3.63) is 58.9 Å². The molecule has 1 N–H and O–H groups in total. The summed E-state index contributed by atoms with van der Waals surface area (Å²) in [5, 5.41) is 9.35. The van der Waals surface area contributed by atoms with Gasteiger partial charge in [-0.1, -0.05) is 17.7 Å². The Bertz CT molecular complexity index is 958. The van der Waals surface area contributed by atoms with Crippen LogP contribution in [0, 0.1) is 5.82 Å². The summed E-state index contributed by atoms with van der Waals surface area (Å²) in [7, 11) is -3.78. The van der Waals surface area contributed by atoms with Crippen molar-refractivity contribution in [1.82, 2.24) is 4.31 Å². The van der Waals surface area contributed by atoms with E-state index < -0.39 is 27.9 Å². The largest absolute Gasteiger partial charge is 0.423 e. The van der Waals surface area contributed by atoms with Gasteiger partial charge in [-0.3, -0.25) is 0 Å². The highest BCUT2D eigenvalue weighted by Crippen LogP contribution is 2.24. The Labute approximate surface area is 161 Å². The van der Waals surface area contributed by atoms with E-state index in [1.54, 1.807) is 0 Å². The molecule has 0 aromatic heterocycles. The number of carbonyl (C=O) groups excluding carboxylic acids is 1. The molecule has 2 aromatic rings. The Hall–Kier alpha value is -2.00. The maximum absolute atomic E-state index is 13.2. The third-order valence-electron chi connectivity index (χ3n) is 4.23. The summed E-state index contributed by atoms with van der Waals surface area (Å²) >= 11 is 5.66. The lowest BCUT2D eigenvalue weighted by Gasteiger charge is -2.28. The van der Waals surface area contributed by atoms with E-state index in [-0.39, 0.29) is 34.3 Å². The van der Waals surface area contributed by atoms with Crippen LogP contribution in [0.4, 0.5) is 4.39 Å². The number of benzene rings is 2. The lowest BCUT2D eigenvalue weighted by Crippen LogP contribution is -2.40. The molecule has 1 heterocycles. The molecule has 0 saturated carbocycles. The topological polar surface area (TPSA) is 83.9 Å². The van der Waals surface area contributed by atoms with Crippen LogP contribution in [0.2, 0.25) is 5.02 Å². The lowest BCUT2D eigenvalue weighted by atomic mass is 10.1. The zero-order chi connectivity index (χ0) is 19.6. The van der Waals surface area contributed by atoms with Crippen molar-refractivity contribution >= 4 is 27.6 Å². The number of nitrogens with zero attached hydrogens (tertiary/aromatic N) is 1. The fourth-order valence-corrected chi connectivity index (χ4v) is 4.41. The first-order chi connectivity index (χ1) is 12.8. The van der Waals surface area contributed by atoms with Crippen LogP contribution in [0.15, 0.2) is 47.4 Å². The zero-order valence-corrected chi connectivity index (χ0v) is 15.7. The van der Waals surface area contributed by atoms with E-state index in [4.69, 9.17) is 16.3 Å². The monoisotopic (exact) mass is 413 g/mol. The third kappa shape index (κ3) is 4.47. The van der Waals surface area contributed by atoms with Gasteiger partial charge in [0.25, 0.3) is 0 Å². The maximum Gasteiger partial charge on any atom is 0.343 e. The summed E-state index contributed by atoms with van der Waals surface area (Å²) in [5.74, 6) is -1.38. The second kappa shape index (κ2) is 7.93. The van der Waals surface area contributed by atoms with Gasteiger partial charge in [-0.15, -0.1) is 0 Å². The van der Waals surface area contributed by atoms with Crippen LogP contribution in [0.3, 0.4) is 0 Å². The Kier molecular flexibility index (Phi) is 5.81. The highest BCUT2D eigenvalue weighted by atomic mass is 35.5. The van der Waals surface area contributed by atoms with Gasteiger partial charge in [-0.05, 0) is 43.2 Å². The van der Waals surface area contributed by atoms with Crippen LogP contribution in [0.25, 0.3) is 0 Å². The van der Waals surface area contributed by atoms with E-state index in [0.29, 0.717) is 12.8 Å². The van der Waals surface area contributed by atoms with Crippen LogP contribution < -0.4 is 4.74 Å². The molecule has 27 heavy (non-hydrogen) atoms. The number of hydrogen-bond acceptors (Lipinski definition) is 5. The highest BCUT2D eigenvalue weighted by molar-refractivity contribution is 7.89. The van der Waals surface area contributed by atoms with Crippen LogP contribution in [0.1, 0.15) is 23.2 Å². The summed E-state index contributed by atoms with van der Waals surface area (Å²) in [5.41, 5.74) is 0.0357. The normalized spacial score (nSPS) is 16.3. The first-order valence-electron chi connectivity index (χ1n) is 8.23. The van der Waals surface area contributed by atoms with Crippen LogP contribution in [-0.4, -0.2) is 43.0 Å². The van der Waals surface area contributed by atoms with Crippen molar-refractivity contribution in [3.63, 3.8) is 0 Å². The molecule has 0 amide bonds. The number of carbonyl (C=O) groups is 1. The number of ether oxygens (including phenoxy) is 1. The minimum atomic E-state index is -3.78. The van der Waals surface area contributed by atoms with Crippen LogP contribution in [-0.2, 0) is 10.0 Å². The van der Waals surface area contributed by atoms with Crippen molar-refractivity contribution < 1.29 is 27.4 Å². The van der Waals surface area contributed by atoms with E-state index in [1.165, 1.54) is 34.6 Å². The molecule has 6 nitrogen and oxygen atoms in total. The minimum Gasteiger partial charge on any atom is -0.423 e. The van der Waals surface area contributed by atoms with Gasteiger partial charge in [-0.25, -0.2) is 17.6 Å². The number of hydrogen-bond donors (Lipinski definition) is 1. The molecule has 1 fully saturated rings. The molecule has 1 saturated heterocycles. The van der Waals surface area contributed by atoms with E-state index in [2.05, 4.69) is 0 Å². The molecule has 3 rings (SSSR count). The number of piperidine rings is 1. The average Bonchev–Trinajstić information content (AvgIpc) is 2.65. The molecule has 0 radical (unpaired) electrons. The van der Waals surface area contributed by atoms with Gasteiger partial charge in [0.1, 0.15) is 11.6 Å². The smallest absolute Gasteiger partial charge is 0.343 e. The Morgan fingerprint density at radius 3 is 2.56 bits per heavy atom. The van der Waals surface area contributed by atoms with Crippen molar-refractivity contribution in [2.24, 2.45) is 0 Å². The summed E-state index contributed by atoms with van der Waals surface area (Å²) < 4.78 is 45.1. The summed E-state index contributed by atoms with van der Waals surface area (Å²) in [4.78, 5) is 12.3. The second-order valence-electron chi connectivity index (χ2n) is 6.13. The summed E-state index contributed by atoms with van der Waals surface area (Å²) in [6, 6.07) is 8.97. The summed E-state index contributed by atoms with van der Waals surface area (Å²) in [6.45, 7) is 0.429. The molecule has 2 aromatic carbocycles.